The van der Waals surface area contributed by atoms with Crippen LogP contribution in [0.25, 0.3) is 0 Å². The maximum Gasteiger partial charge on any atom is 0.237 e. The molecule has 0 aromatic heterocycles. The van der Waals surface area contributed by atoms with Gasteiger partial charge in [-0.3, -0.25) is 9.59 Å². The summed E-state index contributed by atoms with van der Waals surface area (Å²) in [4.78, 5) is 25.2. The number of hydrogen-bond acceptors (Lipinski definition) is 3. The predicted octanol–water partition coefficient (Wildman–Crippen LogP) is 2.05. The fourth-order valence-electron chi connectivity index (χ4n) is 2.28. The van der Waals surface area contributed by atoms with E-state index in [2.05, 4.69) is 0 Å². The summed E-state index contributed by atoms with van der Waals surface area (Å²) in [5, 5.41) is 8.52. The minimum absolute atomic E-state index is 0.196. The van der Waals surface area contributed by atoms with Crippen LogP contribution in [0.5, 0.6) is 0 Å². The lowest BCUT2D eigenvalue weighted by Gasteiger charge is -2.31. The van der Waals surface area contributed by atoms with Crippen LogP contribution in [0.2, 0.25) is 0 Å². The molecule has 98 valence electrons. The molecule has 0 aliphatic carbocycles. The molecule has 0 bridgehead atoms. The van der Waals surface area contributed by atoms with Crippen LogP contribution in [0.1, 0.15) is 19.3 Å². The summed E-state index contributed by atoms with van der Waals surface area (Å²) in [6.45, 7) is 0.399. The molecule has 0 saturated carbocycles. The van der Waals surface area contributed by atoms with E-state index in [4.69, 9.17) is 5.26 Å². The van der Waals surface area contributed by atoms with Crippen molar-refractivity contribution < 1.29 is 14.0 Å². The number of halogens is 1. The maximum atomic E-state index is 13.7. The van der Waals surface area contributed by atoms with Gasteiger partial charge in [-0.25, -0.2) is 4.39 Å². The first-order chi connectivity index (χ1) is 9.15. The summed E-state index contributed by atoms with van der Waals surface area (Å²) >= 11 is 0. The quantitative estimate of drug-likeness (QED) is 0.781. The van der Waals surface area contributed by atoms with Crippen molar-refractivity contribution in [3.63, 3.8) is 0 Å². The van der Waals surface area contributed by atoms with E-state index >= 15 is 0 Å². The molecule has 1 atom stereocenters. The summed E-state index contributed by atoms with van der Waals surface area (Å²) in [6.07, 6.45) is 0.785. The molecule has 0 radical (unpaired) electrons. The first-order valence-corrected chi connectivity index (χ1v) is 6.10. The molecule has 4 nitrogen and oxygen atoms in total. The van der Waals surface area contributed by atoms with Crippen molar-refractivity contribution in [2.24, 2.45) is 5.92 Å². The Hall–Kier alpha value is -2.22. The molecule has 1 aliphatic heterocycles. The van der Waals surface area contributed by atoms with Gasteiger partial charge >= 0.3 is 0 Å². The van der Waals surface area contributed by atoms with Gasteiger partial charge in [-0.2, -0.15) is 5.26 Å². The van der Waals surface area contributed by atoms with E-state index in [1.165, 1.54) is 17.0 Å². The number of anilines is 1. The number of nitrogens with zero attached hydrogens (tertiary/aromatic N) is 2. The average Bonchev–Trinajstić information content (AvgIpc) is 2.40. The first-order valence-electron chi connectivity index (χ1n) is 6.10. The standard InChI is InChI=1S/C14H13FN2O2/c15-11-5-1-2-6-12(11)17-9-3-4-10(14(17)19)13(18)7-8-16/h1-2,5-6,10H,3-4,7,9H2/t10-/m1/s1. The van der Waals surface area contributed by atoms with Crippen molar-refractivity contribution in [2.75, 3.05) is 11.4 Å². The lowest BCUT2D eigenvalue weighted by molar-refractivity contribution is -0.133. The van der Waals surface area contributed by atoms with Crippen molar-refractivity contribution in [1.82, 2.24) is 0 Å². The third kappa shape index (κ3) is 2.63. The van der Waals surface area contributed by atoms with Gasteiger partial charge < -0.3 is 4.90 Å². The summed E-state index contributed by atoms with van der Waals surface area (Å²) in [5.41, 5.74) is 0.196. The monoisotopic (exact) mass is 260 g/mol. The Morgan fingerprint density at radius 3 is 2.89 bits per heavy atom. The van der Waals surface area contributed by atoms with E-state index in [0.717, 1.165) is 0 Å². The van der Waals surface area contributed by atoms with Gasteiger partial charge in [-0.1, -0.05) is 12.1 Å². The van der Waals surface area contributed by atoms with E-state index < -0.39 is 17.6 Å². The lowest BCUT2D eigenvalue weighted by Crippen LogP contribution is -2.44. The Bertz CT molecular complexity index is 551. The topological polar surface area (TPSA) is 61.2 Å². The second-order valence-electron chi connectivity index (χ2n) is 4.44. The Balaban J connectivity index is 2.24. The van der Waals surface area contributed by atoms with Gasteiger partial charge in [0.05, 0.1) is 24.1 Å². The van der Waals surface area contributed by atoms with Gasteiger partial charge in [0.2, 0.25) is 5.91 Å². The van der Waals surface area contributed by atoms with Crippen LogP contribution in [0.15, 0.2) is 24.3 Å². The molecule has 0 spiro atoms. The Morgan fingerprint density at radius 2 is 2.21 bits per heavy atom. The predicted molar refractivity (Wildman–Crippen MR) is 66.7 cm³/mol. The molecule has 1 heterocycles. The lowest BCUT2D eigenvalue weighted by atomic mass is 9.91. The molecule has 1 aromatic carbocycles. The van der Waals surface area contributed by atoms with E-state index in [1.54, 1.807) is 18.2 Å². The number of benzene rings is 1. The second kappa shape index (κ2) is 5.61. The fourth-order valence-corrected chi connectivity index (χ4v) is 2.28. The minimum atomic E-state index is -0.812. The maximum absolute atomic E-state index is 13.7. The van der Waals surface area contributed by atoms with E-state index in [1.807, 2.05) is 0 Å². The molecule has 5 heteroatoms. The third-order valence-corrected chi connectivity index (χ3v) is 3.22. The molecule has 2 rings (SSSR count). The van der Waals surface area contributed by atoms with Crippen LogP contribution in [-0.4, -0.2) is 18.2 Å². The van der Waals surface area contributed by atoms with E-state index in [-0.39, 0.29) is 17.9 Å². The van der Waals surface area contributed by atoms with Gasteiger partial charge in [-0.15, -0.1) is 0 Å². The van der Waals surface area contributed by atoms with Crippen molar-refractivity contribution in [1.29, 1.82) is 5.26 Å². The molecule has 1 amide bonds. The van der Waals surface area contributed by atoms with Crippen molar-refractivity contribution >= 4 is 17.4 Å². The molecule has 0 unspecified atom stereocenters. The zero-order valence-electron chi connectivity index (χ0n) is 10.3. The van der Waals surface area contributed by atoms with Crippen LogP contribution < -0.4 is 4.90 Å². The molecule has 1 aliphatic rings. The molecule has 19 heavy (non-hydrogen) atoms. The number of ketones is 1. The highest BCUT2D eigenvalue weighted by atomic mass is 19.1. The van der Waals surface area contributed by atoms with E-state index in [0.29, 0.717) is 19.4 Å². The highest BCUT2D eigenvalue weighted by molar-refractivity contribution is 6.09. The summed E-state index contributed by atoms with van der Waals surface area (Å²) in [7, 11) is 0. The SMILES string of the molecule is N#CCC(=O)[C@H]1CCCN(c2ccccc2F)C1=O. The number of rotatable bonds is 3. The van der Waals surface area contributed by atoms with Gasteiger partial charge in [0.25, 0.3) is 0 Å². The number of piperidine rings is 1. The smallest absolute Gasteiger partial charge is 0.237 e. The molecular formula is C14H13FN2O2. The van der Waals surface area contributed by atoms with Crippen LogP contribution in [0, 0.1) is 23.1 Å². The summed E-state index contributed by atoms with van der Waals surface area (Å²) in [5.74, 6) is -2.08. The Morgan fingerprint density at radius 1 is 1.47 bits per heavy atom. The molecule has 1 aromatic rings. The average molecular weight is 260 g/mol. The number of Topliss-reactive ketones (excluding diaryl/α,β-unsaturated/α-hetero) is 1. The van der Waals surface area contributed by atoms with Gasteiger partial charge in [0.1, 0.15) is 5.82 Å². The minimum Gasteiger partial charge on any atom is -0.309 e. The number of carbonyl (C=O) groups is 2. The fraction of sp³-hybridized carbons (Fsp3) is 0.357. The Labute approximate surface area is 110 Å². The zero-order valence-corrected chi connectivity index (χ0v) is 10.3. The summed E-state index contributed by atoms with van der Waals surface area (Å²) < 4.78 is 13.7. The van der Waals surface area contributed by atoms with Crippen LogP contribution in [-0.2, 0) is 9.59 Å². The normalized spacial score (nSPS) is 19.1. The Kier molecular flexibility index (Phi) is 3.91. The number of amides is 1. The number of para-hydroxylation sites is 1. The second-order valence-corrected chi connectivity index (χ2v) is 4.44. The van der Waals surface area contributed by atoms with Gasteiger partial charge in [-0.05, 0) is 25.0 Å². The van der Waals surface area contributed by atoms with Crippen molar-refractivity contribution in [3.05, 3.63) is 30.1 Å². The van der Waals surface area contributed by atoms with Crippen LogP contribution >= 0.6 is 0 Å². The third-order valence-electron chi connectivity index (χ3n) is 3.22. The zero-order chi connectivity index (χ0) is 13.8. The highest BCUT2D eigenvalue weighted by Crippen LogP contribution is 2.27. The van der Waals surface area contributed by atoms with Gasteiger partial charge in [0.15, 0.2) is 5.78 Å². The largest absolute Gasteiger partial charge is 0.309 e. The molecular weight excluding hydrogens is 247 g/mol. The first kappa shape index (κ1) is 13.2. The highest BCUT2D eigenvalue weighted by Gasteiger charge is 2.35. The molecule has 1 saturated heterocycles. The van der Waals surface area contributed by atoms with Crippen molar-refractivity contribution in [3.8, 4) is 6.07 Å². The summed E-state index contributed by atoms with van der Waals surface area (Å²) in [6, 6.07) is 7.75. The number of hydrogen-bond donors (Lipinski definition) is 0. The van der Waals surface area contributed by atoms with E-state index in [9.17, 15) is 14.0 Å². The van der Waals surface area contributed by atoms with Crippen LogP contribution in [0.3, 0.4) is 0 Å². The van der Waals surface area contributed by atoms with Crippen molar-refractivity contribution in [2.45, 2.75) is 19.3 Å². The number of nitriles is 1. The van der Waals surface area contributed by atoms with Gasteiger partial charge in [0, 0.05) is 6.54 Å². The molecule has 1 fully saturated rings. The number of carbonyl (C=O) groups excluding carboxylic acids is 2. The molecule has 0 N–H and O–H groups in total. The van der Waals surface area contributed by atoms with Crippen LogP contribution in [0.4, 0.5) is 10.1 Å².